The van der Waals surface area contributed by atoms with Crippen molar-refractivity contribution in [3.63, 3.8) is 0 Å². The Morgan fingerprint density at radius 3 is 2.21 bits per heavy atom. The van der Waals surface area contributed by atoms with Crippen molar-refractivity contribution in [3.8, 4) is 34.5 Å². The van der Waals surface area contributed by atoms with Crippen molar-refractivity contribution in [2.24, 2.45) is 11.8 Å². The van der Waals surface area contributed by atoms with Gasteiger partial charge in [0.05, 0.1) is 51.0 Å². The third-order valence-electron chi connectivity index (χ3n) is 9.03. The molecule has 0 radical (unpaired) electrons. The van der Waals surface area contributed by atoms with Crippen LogP contribution in [0.4, 0.5) is 5.69 Å². The average molecular weight is 645 g/mol. The Balaban J connectivity index is 1.32. The molecule has 4 atom stereocenters. The van der Waals surface area contributed by atoms with E-state index in [0.717, 1.165) is 16.7 Å². The number of hydrogen-bond donors (Lipinski definition) is 0. The number of carbonyl (C=O) groups excluding carboxylic acids is 1. The van der Waals surface area contributed by atoms with E-state index >= 15 is 0 Å². The van der Waals surface area contributed by atoms with E-state index in [1.54, 1.807) is 37.2 Å². The van der Waals surface area contributed by atoms with E-state index in [4.69, 9.17) is 33.2 Å². The van der Waals surface area contributed by atoms with Crippen molar-refractivity contribution < 1.29 is 42.9 Å². The van der Waals surface area contributed by atoms with Gasteiger partial charge < -0.3 is 33.2 Å². The maximum atomic E-state index is 13.6. The monoisotopic (exact) mass is 644 g/mol. The Bertz CT molecular complexity index is 1850. The smallest absolute Gasteiger partial charge is 0.310 e. The number of hydrogen-bond acceptors (Lipinski definition) is 12. The number of nitro benzene ring substituents is 1. The summed E-state index contributed by atoms with van der Waals surface area (Å²) >= 11 is 0. The van der Waals surface area contributed by atoms with Crippen molar-refractivity contribution in [2.45, 2.75) is 31.4 Å². The summed E-state index contributed by atoms with van der Waals surface area (Å²) in [5, 5.41) is 20.1. The van der Waals surface area contributed by atoms with Crippen LogP contribution in [0.25, 0.3) is 0 Å². The topological polar surface area (TPSA) is 156 Å². The van der Waals surface area contributed by atoms with E-state index in [9.17, 15) is 14.9 Å². The first-order valence-electron chi connectivity index (χ1n) is 14.9. The molecule has 0 amide bonds. The van der Waals surface area contributed by atoms with Crippen LogP contribution in [0, 0.1) is 22.0 Å². The van der Waals surface area contributed by atoms with Crippen LogP contribution in [0.15, 0.2) is 54.7 Å². The number of methoxy groups -OCH3 is 3. The van der Waals surface area contributed by atoms with Gasteiger partial charge in [-0.1, -0.05) is 5.21 Å². The number of rotatable bonds is 9. The van der Waals surface area contributed by atoms with E-state index in [1.807, 2.05) is 38.1 Å². The molecule has 3 aromatic carbocycles. The molecule has 1 aromatic heterocycles. The lowest BCUT2D eigenvalue weighted by atomic mass is 9.65. The van der Waals surface area contributed by atoms with Crippen molar-refractivity contribution in [1.82, 2.24) is 15.0 Å². The Hall–Kier alpha value is -5.53. The molecule has 0 unspecified atom stereocenters. The Labute approximate surface area is 269 Å². The Morgan fingerprint density at radius 1 is 0.936 bits per heavy atom. The summed E-state index contributed by atoms with van der Waals surface area (Å²) in [6.45, 7) is 3.91. The zero-order valence-electron chi connectivity index (χ0n) is 26.3. The number of carbonyl (C=O) groups is 1. The lowest BCUT2D eigenvalue weighted by Crippen LogP contribution is -2.37. The van der Waals surface area contributed by atoms with Gasteiger partial charge in [-0.3, -0.25) is 14.9 Å². The van der Waals surface area contributed by atoms with Gasteiger partial charge in [-0.15, -0.1) is 5.10 Å². The molecule has 4 aromatic rings. The van der Waals surface area contributed by atoms with Gasteiger partial charge in [0.25, 0.3) is 5.69 Å². The number of fused-ring (bicyclic) bond motifs is 3. The number of ether oxygens (including phenoxy) is 7. The standard InChI is InChI=1S/C33H32N4O10/c1-33(2,47-19-8-6-18(7-9-19)37(39)40)27-14-36(35-34-27)30-21-13-24-23(45-16-46-24)12-20(21)28(29-22(30)15-44-32(29)38)17-10-25(41-3)31(43-5)26(11-17)42-4/h6-14,22,28-30H,15-16H2,1-5H3/t22-,28+,29-,30-/m0/s1. The highest BCUT2D eigenvalue weighted by molar-refractivity contribution is 5.79. The first-order chi connectivity index (χ1) is 22.6. The fraction of sp³-hybridized carbons (Fsp3) is 0.364. The number of aromatic nitrogens is 3. The van der Waals surface area contributed by atoms with Gasteiger partial charge in [0.15, 0.2) is 23.0 Å². The van der Waals surface area contributed by atoms with E-state index in [2.05, 4.69) is 10.3 Å². The number of nitrogens with zero attached hydrogens (tertiary/aromatic N) is 4. The number of cyclic esters (lactones) is 1. The molecular weight excluding hydrogens is 612 g/mol. The van der Waals surface area contributed by atoms with Gasteiger partial charge >= 0.3 is 5.97 Å². The van der Waals surface area contributed by atoms with Crippen LogP contribution >= 0.6 is 0 Å². The largest absolute Gasteiger partial charge is 0.493 e. The summed E-state index contributed by atoms with van der Waals surface area (Å²) in [6, 6.07) is 13.0. The van der Waals surface area contributed by atoms with Crippen LogP contribution in [0.2, 0.25) is 0 Å². The molecule has 0 N–H and O–H groups in total. The Kier molecular flexibility index (Phi) is 7.29. The highest BCUT2D eigenvalue weighted by Gasteiger charge is 2.54. The van der Waals surface area contributed by atoms with Crippen molar-refractivity contribution in [2.75, 3.05) is 34.7 Å². The van der Waals surface area contributed by atoms with Crippen LogP contribution in [0.5, 0.6) is 34.5 Å². The molecule has 2 aliphatic heterocycles. The van der Waals surface area contributed by atoms with Gasteiger partial charge in [-0.05, 0) is 66.9 Å². The summed E-state index contributed by atoms with van der Waals surface area (Å²) in [4.78, 5) is 24.2. The minimum atomic E-state index is -0.957. The highest BCUT2D eigenvalue weighted by atomic mass is 16.7. The second-order valence-electron chi connectivity index (χ2n) is 12.0. The maximum absolute atomic E-state index is 13.6. The summed E-state index contributed by atoms with van der Waals surface area (Å²) in [5.41, 5.74) is 2.02. The number of nitro groups is 1. The fourth-order valence-electron chi connectivity index (χ4n) is 6.82. The molecule has 0 bridgehead atoms. The predicted octanol–water partition coefficient (Wildman–Crippen LogP) is 4.78. The second kappa shape index (κ2) is 11.4. The summed E-state index contributed by atoms with van der Waals surface area (Å²) in [5.74, 6) is 1.27. The third-order valence-corrected chi connectivity index (χ3v) is 9.03. The van der Waals surface area contributed by atoms with E-state index in [0.29, 0.717) is 40.2 Å². The minimum Gasteiger partial charge on any atom is -0.493 e. The minimum absolute atomic E-state index is 0.0364. The van der Waals surface area contributed by atoms with E-state index in [-0.39, 0.29) is 31.0 Å². The van der Waals surface area contributed by atoms with Crippen molar-refractivity contribution >= 4 is 11.7 Å². The average Bonchev–Trinajstić information content (AvgIpc) is 3.83. The molecule has 47 heavy (non-hydrogen) atoms. The zero-order valence-corrected chi connectivity index (χ0v) is 26.3. The summed E-state index contributed by atoms with van der Waals surface area (Å²) in [6.07, 6.45) is 1.80. The van der Waals surface area contributed by atoms with Gasteiger partial charge in [0.1, 0.15) is 17.0 Å². The van der Waals surface area contributed by atoms with Crippen LogP contribution in [-0.4, -0.2) is 60.6 Å². The molecular formula is C33H32N4O10. The summed E-state index contributed by atoms with van der Waals surface area (Å²) in [7, 11) is 4.63. The molecule has 1 saturated heterocycles. The molecule has 0 saturated carbocycles. The van der Waals surface area contributed by atoms with Crippen LogP contribution in [0.1, 0.15) is 48.2 Å². The van der Waals surface area contributed by atoms with Gasteiger partial charge in [-0.25, -0.2) is 4.68 Å². The van der Waals surface area contributed by atoms with Gasteiger partial charge in [0, 0.05) is 24.0 Å². The van der Waals surface area contributed by atoms with Crippen LogP contribution < -0.4 is 28.4 Å². The molecule has 244 valence electrons. The first kappa shape index (κ1) is 30.1. The quantitative estimate of drug-likeness (QED) is 0.140. The van der Waals surface area contributed by atoms with Crippen LogP contribution in [-0.2, 0) is 15.1 Å². The normalized spacial score (nSPS) is 21.0. The molecule has 7 rings (SSSR count). The Morgan fingerprint density at radius 2 is 1.60 bits per heavy atom. The second-order valence-corrected chi connectivity index (χ2v) is 12.0. The molecule has 14 nitrogen and oxygen atoms in total. The van der Waals surface area contributed by atoms with Crippen molar-refractivity contribution in [3.05, 3.63) is 87.2 Å². The fourth-order valence-corrected chi connectivity index (χ4v) is 6.82. The molecule has 0 spiro atoms. The number of benzene rings is 3. The zero-order chi connectivity index (χ0) is 33.0. The van der Waals surface area contributed by atoms with E-state index in [1.165, 1.54) is 19.2 Å². The molecule has 1 fully saturated rings. The molecule has 14 heteroatoms. The van der Waals surface area contributed by atoms with Gasteiger partial charge in [-0.2, -0.15) is 0 Å². The summed E-state index contributed by atoms with van der Waals surface area (Å²) < 4.78 is 42.2. The lowest BCUT2D eigenvalue weighted by molar-refractivity contribution is -0.384. The molecule has 3 aliphatic rings. The number of esters is 1. The SMILES string of the molecule is COc1cc([C@@H]2c3cc4c(cc3[C@H](n3cc(C(C)(C)Oc5ccc([N+](=O)[O-])cc5)nn3)[C@H]3COC(=O)[C@H]23)OCO4)cc(OC)c1OC. The van der Waals surface area contributed by atoms with Crippen molar-refractivity contribution in [1.29, 1.82) is 0 Å². The lowest BCUT2D eigenvalue weighted by Gasteiger charge is -2.39. The van der Waals surface area contributed by atoms with E-state index < -0.39 is 28.4 Å². The van der Waals surface area contributed by atoms with Crippen LogP contribution in [0.3, 0.4) is 0 Å². The van der Waals surface area contributed by atoms with Gasteiger partial charge in [0.2, 0.25) is 12.5 Å². The molecule has 3 heterocycles. The third kappa shape index (κ3) is 5.00. The molecule has 1 aliphatic carbocycles. The number of non-ortho nitro benzene ring substituents is 1. The predicted molar refractivity (Wildman–Crippen MR) is 163 cm³/mol. The first-order valence-corrected chi connectivity index (χ1v) is 14.9. The highest BCUT2D eigenvalue weighted by Crippen LogP contribution is 2.56. The maximum Gasteiger partial charge on any atom is 0.310 e.